The Hall–Kier alpha value is -3.33. The number of hydrogen-bond acceptors (Lipinski definition) is 7. The molecule has 0 amide bonds. The van der Waals surface area contributed by atoms with E-state index in [1.807, 2.05) is 43.3 Å². The zero-order valence-corrected chi connectivity index (χ0v) is 16.8. The molecular formula is C19H21N5O3S. The minimum absolute atomic E-state index is 0.0660. The molecule has 0 atom stereocenters. The number of nitrogens with zero attached hydrogens (tertiary/aromatic N) is 4. The molecule has 1 aromatic heterocycles. The molecule has 0 aliphatic rings. The molecule has 0 aliphatic heterocycles. The van der Waals surface area contributed by atoms with Crippen molar-refractivity contribution in [3.05, 3.63) is 46.7 Å². The molecule has 28 heavy (non-hydrogen) atoms. The Kier molecular flexibility index (Phi) is 5.65. The number of rotatable bonds is 6. The molecule has 3 rings (SSSR count). The molecule has 0 saturated carbocycles. The summed E-state index contributed by atoms with van der Waals surface area (Å²) < 4.78 is 12.2. The highest BCUT2D eigenvalue weighted by atomic mass is 32.1. The molecule has 0 radical (unpaired) electrons. The number of phenolic OH excluding ortho intramolecular Hbond substituents is 1. The predicted molar refractivity (Wildman–Crippen MR) is 111 cm³/mol. The van der Waals surface area contributed by atoms with Crippen LogP contribution in [0.3, 0.4) is 0 Å². The van der Waals surface area contributed by atoms with Crippen LogP contribution in [0.15, 0.2) is 41.5 Å². The minimum atomic E-state index is -0.0660. The molecule has 2 aromatic carbocycles. The fourth-order valence-corrected chi connectivity index (χ4v) is 2.79. The van der Waals surface area contributed by atoms with Crippen molar-refractivity contribution >= 4 is 24.1 Å². The maximum Gasteiger partial charge on any atom is 0.216 e. The molecule has 1 heterocycles. The number of aromatic amines is 1. The highest BCUT2D eigenvalue weighted by Crippen LogP contribution is 2.36. The smallest absolute Gasteiger partial charge is 0.216 e. The third-order valence-corrected chi connectivity index (χ3v) is 4.38. The highest BCUT2D eigenvalue weighted by Gasteiger charge is 2.11. The van der Waals surface area contributed by atoms with Gasteiger partial charge in [-0.05, 0) is 48.6 Å². The molecule has 0 bridgehead atoms. The molecule has 0 aliphatic carbocycles. The van der Waals surface area contributed by atoms with Gasteiger partial charge in [0.15, 0.2) is 17.3 Å². The van der Waals surface area contributed by atoms with Crippen molar-refractivity contribution < 1.29 is 14.6 Å². The van der Waals surface area contributed by atoms with Gasteiger partial charge in [0, 0.05) is 30.9 Å². The number of ether oxygens (including phenoxy) is 2. The van der Waals surface area contributed by atoms with Crippen LogP contribution in [0.2, 0.25) is 0 Å². The number of aromatic nitrogens is 3. The Labute approximate surface area is 167 Å². The summed E-state index contributed by atoms with van der Waals surface area (Å²) >= 11 is 5.31. The number of nitrogens with one attached hydrogen (secondary N) is 1. The van der Waals surface area contributed by atoms with Crippen molar-refractivity contribution in [2.24, 2.45) is 5.10 Å². The van der Waals surface area contributed by atoms with Crippen molar-refractivity contribution in [1.29, 1.82) is 0 Å². The summed E-state index contributed by atoms with van der Waals surface area (Å²) in [4.78, 5) is 2.02. The first-order chi connectivity index (χ1) is 13.4. The first kappa shape index (κ1) is 19.4. The molecule has 2 N–H and O–H groups in total. The van der Waals surface area contributed by atoms with Gasteiger partial charge in [-0.1, -0.05) is 0 Å². The van der Waals surface area contributed by atoms with E-state index in [0.29, 0.717) is 16.2 Å². The van der Waals surface area contributed by atoms with E-state index in [9.17, 15) is 5.11 Å². The topological polar surface area (TPSA) is 87.9 Å². The van der Waals surface area contributed by atoms with Crippen LogP contribution in [0, 0.1) is 4.77 Å². The minimum Gasteiger partial charge on any atom is -0.502 e. The Bertz CT molecular complexity index is 1030. The number of anilines is 1. The summed E-state index contributed by atoms with van der Waals surface area (Å²) in [6.45, 7) is 0. The van der Waals surface area contributed by atoms with E-state index in [4.69, 9.17) is 21.7 Å². The van der Waals surface area contributed by atoms with Crippen LogP contribution in [0.1, 0.15) is 5.56 Å². The lowest BCUT2D eigenvalue weighted by Crippen LogP contribution is -2.08. The maximum atomic E-state index is 10.0. The van der Waals surface area contributed by atoms with Crippen LogP contribution >= 0.6 is 12.2 Å². The molecule has 0 saturated heterocycles. The van der Waals surface area contributed by atoms with Gasteiger partial charge in [0.05, 0.1) is 20.4 Å². The molecule has 0 spiro atoms. The van der Waals surface area contributed by atoms with E-state index in [2.05, 4.69) is 15.3 Å². The van der Waals surface area contributed by atoms with Gasteiger partial charge < -0.3 is 19.5 Å². The van der Waals surface area contributed by atoms with Gasteiger partial charge in [-0.3, -0.25) is 0 Å². The SMILES string of the molecule is COc1cc(C=Nn2c(-c3ccc(N(C)C)cc3)n[nH]c2=S)cc(OC)c1O. The zero-order valence-electron chi connectivity index (χ0n) is 16.0. The molecule has 9 heteroatoms. The van der Waals surface area contributed by atoms with Gasteiger partial charge in [-0.25, -0.2) is 5.10 Å². The third kappa shape index (κ3) is 3.84. The number of aromatic hydroxyl groups is 1. The quantitative estimate of drug-likeness (QED) is 0.489. The van der Waals surface area contributed by atoms with Crippen LogP contribution in [-0.2, 0) is 0 Å². The van der Waals surface area contributed by atoms with Crippen molar-refractivity contribution in [2.45, 2.75) is 0 Å². The third-order valence-electron chi connectivity index (χ3n) is 4.12. The fraction of sp³-hybridized carbons (Fsp3) is 0.211. The summed E-state index contributed by atoms with van der Waals surface area (Å²) in [5, 5.41) is 21.5. The Morgan fingerprint density at radius 3 is 2.29 bits per heavy atom. The normalized spacial score (nSPS) is 11.0. The van der Waals surface area contributed by atoms with Crippen LogP contribution in [-0.4, -0.2) is 54.5 Å². The maximum absolute atomic E-state index is 10.0. The van der Waals surface area contributed by atoms with Crippen molar-refractivity contribution in [1.82, 2.24) is 14.9 Å². The van der Waals surface area contributed by atoms with Gasteiger partial charge in [-0.2, -0.15) is 14.9 Å². The van der Waals surface area contributed by atoms with Crippen LogP contribution < -0.4 is 14.4 Å². The number of hydrogen-bond donors (Lipinski definition) is 2. The van der Waals surface area contributed by atoms with Gasteiger partial charge >= 0.3 is 0 Å². The number of H-pyrrole nitrogens is 1. The molecule has 0 unspecified atom stereocenters. The largest absolute Gasteiger partial charge is 0.502 e. The first-order valence-corrected chi connectivity index (χ1v) is 8.80. The monoisotopic (exact) mass is 399 g/mol. The molecule has 3 aromatic rings. The molecule has 8 nitrogen and oxygen atoms in total. The van der Waals surface area contributed by atoms with Crippen LogP contribution in [0.5, 0.6) is 17.2 Å². The summed E-state index contributed by atoms with van der Waals surface area (Å²) in [7, 11) is 6.90. The van der Waals surface area contributed by atoms with Crippen molar-refractivity contribution in [2.75, 3.05) is 33.2 Å². The van der Waals surface area contributed by atoms with Gasteiger partial charge in [0.1, 0.15) is 0 Å². The summed E-state index contributed by atoms with van der Waals surface area (Å²) in [5.74, 6) is 1.10. The second kappa shape index (κ2) is 8.13. The van der Waals surface area contributed by atoms with Gasteiger partial charge in [0.25, 0.3) is 0 Å². The Morgan fingerprint density at radius 2 is 1.75 bits per heavy atom. The Balaban J connectivity index is 1.98. The lowest BCUT2D eigenvalue weighted by atomic mass is 10.2. The highest BCUT2D eigenvalue weighted by molar-refractivity contribution is 7.71. The second-order valence-corrected chi connectivity index (χ2v) is 6.51. The van der Waals surface area contributed by atoms with E-state index in [1.54, 1.807) is 18.3 Å². The van der Waals surface area contributed by atoms with E-state index in [0.717, 1.165) is 11.3 Å². The Morgan fingerprint density at radius 1 is 1.14 bits per heavy atom. The van der Waals surface area contributed by atoms with Crippen molar-refractivity contribution in [3.8, 4) is 28.6 Å². The van der Waals surface area contributed by atoms with Crippen LogP contribution in [0.4, 0.5) is 5.69 Å². The van der Waals surface area contributed by atoms with E-state index >= 15 is 0 Å². The molecule has 0 fully saturated rings. The summed E-state index contributed by atoms with van der Waals surface area (Å²) in [6.07, 6.45) is 1.59. The molecular weight excluding hydrogens is 378 g/mol. The number of phenols is 1. The van der Waals surface area contributed by atoms with Gasteiger partial charge in [-0.15, -0.1) is 0 Å². The molecule has 146 valence electrons. The average Bonchev–Trinajstić information content (AvgIpc) is 3.07. The van der Waals surface area contributed by atoms with E-state index in [1.165, 1.54) is 18.9 Å². The second-order valence-electron chi connectivity index (χ2n) is 6.12. The fourth-order valence-electron chi connectivity index (χ4n) is 2.61. The average molecular weight is 399 g/mol. The van der Waals surface area contributed by atoms with Gasteiger partial charge in [0.2, 0.25) is 10.5 Å². The number of methoxy groups -OCH3 is 2. The van der Waals surface area contributed by atoms with E-state index < -0.39 is 0 Å². The first-order valence-electron chi connectivity index (χ1n) is 8.39. The summed E-state index contributed by atoms with van der Waals surface area (Å²) in [5.41, 5.74) is 2.62. The lowest BCUT2D eigenvalue weighted by Gasteiger charge is -2.12. The van der Waals surface area contributed by atoms with E-state index in [-0.39, 0.29) is 17.2 Å². The summed E-state index contributed by atoms with van der Waals surface area (Å²) in [6, 6.07) is 11.2. The zero-order chi connectivity index (χ0) is 20.3. The standard InChI is InChI=1S/C19H21N5O3S/c1-23(2)14-7-5-13(6-8-14)18-21-22-19(28)24(18)20-11-12-9-15(26-3)17(25)16(10-12)27-4/h5-11,25H,1-4H3,(H,22,28). The van der Waals surface area contributed by atoms with Crippen LogP contribution in [0.25, 0.3) is 11.4 Å². The lowest BCUT2D eigenvalue weighted by molar-refractivity contribution is 0.340. The predicted octanol–water partition coefficient (Wildman–Crippen LogP) is 3.28. The van der Waals surface area contributed by atoms with Crippen molar-refractivity contribution in [3.63, 3.8) is 0 Å². The number of benzene rings is 2.